The second kappa shape index (κ2) is 12.8. The Hall–Kier alpha value is -6.98. The lowest BCUT2D eigenvalue weighted by Gasteiger charge is -2.43. The summed E-state index contributed by atoms with van der Waals surface area (Å²) in [5.41, 5.74) is 12.4. The molecule has 0 radical (unpaired) electrons. The molecule has 4 heteroatoms. The van der Waals surface area contributed by atoms with E-state index in [1.165, 1.54) is 129 Å². The first-order valence-electron chi connectivity index (χ1n) is 22.3. The summed E-state index contributed by atoms with van der Waals surface area (Å²) in [5, 5.41) is 12.8. The Morgan fingerprint density at radius 1 is 0.266 bits per heavy atom. The van der Waals surface area contributed by atoms with Gasteiger partial charge in [0.05, 0.1) is 34.1 Å². The van der Waals surface area contributed by atoms with E-state index < -0.39 is 0 Å². The molecule has 0 N–H and O–H groups in total. The van der Waals surface area contributed by atoms with Crippen molar-refractivity contribution >= 4 is 129 Å². The first-order chi connectivity index (χ1) is 31.3. The van der Waals surface area contributed by atoms with Crippen molar-refractivity contribution in [1.82, 2.24) is 0 Å². The van der Waals surface area contributed by atoms with Gasteiger partial charge >= 0.3 is 0 Å². The monoisotopic (exact) mass is 854 g/mol. The van der Waals surface area contributed by atoms with Crippen LogP contribution in [0, 0.1) is 0 Å². The average Bonchev–Trinajstić information content (AvgIpc) is 3.88. The molecule has 0 aliphatic carbocycles. The molecule has 0 amide bonds. The minimum Gasteiger partial charge on any atom is -0.309 e. The van der Waals surface area contributed by atoms with E-state index in [9.17, 15) is 0 Å². The van der Waals surface area contributed by atoms with Crippen molar-refractivity contribution < 1.29 is 0 Å². The van der Waals surface area contributed by atoms with Gasteiger partial charge in [-0.2, -0.15) is 0 Å². The number of benzene rings is 10. The average molecular weight is 855 g/mol. The summed E-state index contributed by atoms with van der Waals surface area (Å²) in [6.07, 6.45) is 0. The number of anilines is 6. The van der Waals surface area contributed by atoms with Gasteiger partial charge in [0.1, 0.15) is 0 Å². The third-order valence-corrected chi connectivity index (χ3v) is 17.0. The second-order valence-corrected chi connectivity index (χ2v) is 21.0. The molecule has 0 spiro atoms. The minimum atomic E-state index is -0.203. The van der Waals surface area contributed by atoms with Gasteiger partial charge in [-0.3, -0.25) is 0 Å². The Balaban J connectivity index is 1.07. The SMILES string of the molecule is CC1(C)c2ccccc2N(c2cc3c4ccccc4c(N4c5ccccc5C(C)(C)c5cc6c(cc54)sc4ccccc46)cc3c3ccccc23)c2cc3sc4ccccc4c3cc21. The first kappa shape index (κ1) is 36.5. The smallest absolute Gasteiger partial charge is 0.0546 e. The third kappa shape index (κ3) is 4.79. The van der Waals surface area contributed by atoms with Crippen molar-refractivity contribution in [3.63, 3.8) is 0 Å². The Morgan fingerprint density at radius 3 is 1.06 bits per heavy atom. The molecule has 304 valence electrons. The lowest BCUT2D eigenvalue weighted by atomic mass is 9.73. The number of hydrogen-bond acceptors (Lipinski definition) is 4. The summed E-state index contributed by atoms with van der Waals surface area (Å²) in [5.74, 6) is 0. The van der Waals surface area contributed by atoms with Crippen LogP contribution < -0.4 is 9.80 Å². The van der Waals surface area contributed by atoms with E-state index in [0.29, 0.717) is 0 Å². The summed E-state index contributed by atoms with van der Waals surface area (Å²) < 4.78 is 5.30. The van der Waals surface area contributed by atoms with Gasteiger partial charge in [-0.1, -0.05) is 149 Å². The molecule has 0 atom stereocenters. The van der Waals surface area contributed by atoms with Crippen molar-refractivity contribution in [1.29, 1.82) is 0 Å². The number of para-hydroxylation sites is 2. The highest BCUT2D eigenvalue weighted by atomic mass is 32.1. The molecule has 2 aromatic heterocycles. The molecule has 0 saturated carbocycles. The van der Waals surface area contributed by atoms with E-state index >= 15 is 0 Å². The molecular weight excluding hydrogens is 813 g/mol. The van der Waals surface area contributed by atoms with Gasteiger partial charge in [-0.15, -0.1) is 22.7 Å². The third-order valence-electron chi connectivity index (χ3n) is 14.8. The molecule has 0 fully saturated rings. The molecule has 2 aliphatic rings. The number of nitrogens with zero attached hydrogens (tertiary/aromatic N) is 2. The second-order valence-electron chi connectivity index (χ2n) is 18.9. The van der Waals surface area contributed by atoms with Gasteiger partial charge < -0.3 is 9.80 Å². The molecule has 14 rings (SSSR count). The van der Waals surface area contributed by atoms with Crippen LogP contribution in [-0.4, -0.2) is 0 Å². The van der Waals surface area contributed by atoms with Crippen molar-refractivity contribution in [2.24, 2.45) is 0 Å². The predicted octanol–water partition coefficient (Wildman–Crippen LogP) is 18.1. The zero-order valence-electron chi connectivity index (χ0n) is 36.0. The highest BCUT2D eigenvalue weighted by Gasteiger charge is 2.40. The van der Waals surface area contributed by atoms with Gasteiger partial charge in [0, 0.05) is 61.9 Å². The Bertz CT molecular complexity index is 3740. The fourth-order valence-electron chi connectivity index (χ4n) is 11.6. The highest BCUT2D eigenvalue weighted by Crippen LogP contribution is 2.58. The van der Waals surface area contributed by atoms with Crippen molar-refractivity contribution in [3.05, 3.63) is 204 Å². The Labute approximate surface area is 379 Å². The lowest BCUT2D eigenvalue weighted by molar-refractivity contribution is 0.633. The van der Waals surface area contributed by atoms with Gasteiger partial charge in [0.15, 0.2) is 0 Å². The fourth-order valence-corrected chi connectivity index (χ4v) is 13.9. The van der Waals surface area contributed by atoms with E-state index in [-0.39, 0.29) is 10.8 Å². The maximum atomic E-state index is 2.58. The molecule has 0 bridgehead atoms. The van der Waals surface area contributed by atoms with E-state index in [4.69, 9.17) is 0 Å². The highest BCUT2D eigenvalue weighted by molar-refractivity contribution is 7.26. The predicted molar refractivity (Wildman–Crippen MR) is 278 cm³/mol. The van der Waals surface area contributed by atoms with Crippen LogP contribution in [-0.2, 0) is 10.8 Å². The van der Waals surface area contributed by atoms with Gasteiger partial charge in [0.25, 0.3) is 0 Å². The first-order valence-corrected chi connectivity index (χ1v) is 24.0. The molecule has 0 saturated heterocycles. The quantitative estimate of drug-likeness (QED) is 0.160. The van der Waals surface area contributed by atoms with Crippen LogP contribution in [0.1, 0.15) is 49.9 Å². The number of hydrogen-bond donors (Lipinski definition) is 0. The van der Waals surface area contributed by atoms with E-state index in [2.05, 4.69) is 219 Å². The normalized spacial score (nSPS) is 15.1. The lowest BCUT2D eigenvalue weighted by Crippen LogP contribution is -2.30. The summed E-state index contributed by atoms with van der Waals surface area (Å²) >= 11 is 3.79. The van der Waals surface area contributed by atoms with Crippen LogP contribution in [0.5, 0.6) is 0 Å². The summed E-state index contributed by atoms with van der Waals surface area (Å²) in [7, 11) is 0. The van der Waals surface area contributed by atoms with Crippen LogP contribution in [0.2, 0.25) is 0 Å². The van der Waals surface area contributed by atoms with Gasteiger partial charge in [-0.05, 0) is 104 Å². The minimum absolute atomic E-state index is 0.203. The fraction of sp³-hybridized carbons (Fsp3) is 0.100. The number of fused-ring (bicyclic) bond motifs is 15. The zero-order valence-corrected chi connectivity index (χ0v) is 37.7. The molecule has 12 aromatic rings. The molecule has 10 aromatic carbocycles. The van der Waals surface area contributed by atoms with E-state index in [1.54, 1.807) is 0 Å². The van der Waals surface area contributed by atoms with Crippen LogP contribution in [0.3, 0.4) is 0 Å². The number of thiophene rings is 2. The summed E-state index contributed by atoms with van der Waals surface area (Å²) in [6, 6.07) is 69.1. The van der Waals surface area contributed by atoms with Crippen LogP contribution >= 0.6 is 22.7 Å². The summed E-state index contributed by atoms with van der Waals surface area (Å²) in [6.45, 7) is 9.61. The maximum absolute atomic E-state index is 2.58. The van der Waals surface area contributed by atoms with Crippen molar-refractivity contribution in [2.75, 3.05) is 9.80 Å². The van der Waals surface area contributed by atoms with Crippen LogP contribution in [0.15, 0.2) is 182 Å². The van der Waals surface area contributed by atoms with E-state index in [1.807, 2.05) is 22.7 Å². The molecule has 0 unspecified atom stereocenters. The zero-order chi connectivity index (χ0) is 42.6. The van der Waals surface area contributed by atoms with Crippen molar-refractivity contribution in [2.45, 2.75) is 38.5 Å². The van der Waals surface area contributed by atoms with Crippen LogP contribution in [0.4, 0.5) is 34.1 Å². The molecular formula is C60H42N2S2. The molecule has 2 nitrogen and oxygen atoms in total. The largest absolute Gasteiger partial charge is 0.309 e. The molecule has 4 heterocycles. The van der Waals surface area contributed by atoms with E-state index in [0.717, 1.165) is 0 Å². The topological polar surface area (TPSA) is 6.48 Å². The van der Waals surface area contributed by atoms with Crippen molar-refractivity contribution in [3.8, 4) is 0 Å². The summed E-state index contributed by atoms with van der Waals surface area (Å²) in [4.78, 5) is 5.17. The number of rotatable bonds is 2. The molecule has 64 heavy (non-hydrogen) atoms. The maximum Gasteiger partial charge on any atom is 0.0546 e. The van der Waals surface area contributed by atoms with Gasteiger partial charge in [0.2, 0.25) is 0 Å². The standard InChI is InChI=1S/C60H42N2S2/c1-59(2)45-23-11-13-25-49(45)61(53-33-57-43(29-47(53)59)39-21-9-15-27-55(39)63-57)51-31-41-36-18-6-8-20-38(36)52(32-42(41)35-17-5-7-19-37(35)51)62-50-26-14-12-24-46(50)60(3,4)48-30-44-40-22-10-16-28-56(40)64-58(44)34-54(48)62/h5-34H,1-4H3. The Morgan fingerprint density at radius 2 is 0.625 bits per heavy atom. The van der Waals surface area contributed by atoms with Crippen LogP contribution in [0.25, 0.3) is 72.7 Å². The van der Waals surface area contributed by atoms with Gasteiger partial charge in [-0.25, -0.2) is 0 Å². The Kier molecular flexibility index (Phi) is 7.31. The molecule has 2 aliphatic heterocycles.